The van der Waals surface area contributed by atoms with Crippen LogP contribution in [0.5, 0.6) is 0 Å². The van der Waals surface area contributed by atoms with Crippen LogP contribution in [0.4, 0.5) is 0 Å². The Morgan fingerprint density at radius 1 is 1.57 bits per heavy atom. The monoisotopic (exact) mass is 213 g/mol. The van der Waals surface area contributed by atoms with Gasteiger partial charge in [0.25, 0.3) is 0 Å². The molecule has 0 spiro atoms. The quantitative estimate of drug-likeness (QED) is 0.512. The molecule has 0 aromatic rings. The van der Waals surface area contributed by atoms with Crippen LogP contribution in [0.3, 0.4) is 0 Å². The first-order valence-corrected chi connectivity index (χ1v) is 6.59. The molecule has 0 heterocycles. The summed E-state index contributed by atoms with van der Waals surface area (Å²) >= 11 is 1.90. The Kier molecular flexibility index (Phi) is 5.64. The number of rotatable bonds is 7. The fourth-order valence-electron chi connectivity index (χ4n) is 2.02. The lowest BCUT2D eigenvalue weighted by atomic mass is 9.80. The number of allylic oxidation sites excluding steroid dienone is 1. The Morgan fingerprint density at radius 2 is 2.29 bits per heavy atom. The third-order valence-corrected chi connectivity index (χ3v) is 4.43. The van der Waals surface area contributed by atoms with Crippen molar-refractivity contribution < 1.29 is 0 Å². The number of nitrogens with one attached hydrogen (secondary N) is 1. The topological polar surface area (TPSA) is 12.0 Å². The molecule has 1 saturated carbocycles. The van der Waals surface area contributed by atoms with Crippen LogP contribution < -0.4 is 4.72 Å². The van der Waals surface area contributed by atoms with Gasteiger partial charge in [-0.05, 0) is 31.7 Å². The van der Waals surface area contributed by atoms with Gasteiger partial charge in [-0.15, -0.1) is 6.58 Å². The predicted molar refractivity (Wildman–Crippen MR) is 66.4 cm³/mol. The Balaban J connectivity index is 2.31. The molecule has 1 aliphatic rings. The zero-order chi connectivity index (χ0) is 10.4. The second-order valence-electron chi connectivity index (χ2n) is 4.39. The molecule has 1 aliphatic carbocycles. The molecule has 1 N–H and O–H groups in total. The molecule has 0 aliphatic heterocycles. The normalized spacial score (nSPS) is 21.3. The van der Waals surface area contributed by atoms with Gasteiger partial charge in [0.2, 0.25) is 0 Å². The molecule has 0 saturated heterocycles. The van der Waals surface area contributed by atoms with E-state index in [1.807, 2.05) is 19.0 Å². The zero-order valence-electron chi connectivity index (χ0n) is 9.46. The van der Waals surface area contributed by atoms with Crippen LogP contribution in [0.15, 0.2) is 12.7 Å². The second kappa shape index (κ2) is 6.52. The lowest BCUT2D eigenvalue weighted by Gasteiger charge is -2.31. The van der Waals surface area contributed by atoms with Crippen LogP contribution >= 0.6 is 11.9 Å². The zero-order valence-corrected chi connectivity index (χ0v) is 10.3. The molecule has 82 valence electrons. The molecule has 2 atom stereocenters. The highest BCUT2D eigenvalue weighted by Crippen LogP contribution is 2.36. The fourth-order valence-corrected chi connectivity index (χ4v) is 3.03. The minimum atomic E-state index is 0.755. The van der Waals surface area contributed by atoms with Gasteiger partial charge in [0.05, 0.1) is 0 Å². The second-order valence-corrected chi connectivity index (χ2v) is 5.64. The first-order valence-electron chi connectivity index (χ1n) is 5.71. The van der Waals surface area contributed by atoms with E-state index in [1.54, 1.807) is 0 Å². The van der Waals surface area contributed by atoms with Gasteiger partial charge >= 0.3 is 0 Å². The van der Waals surface area contributed by atoms with Crippen molar-refractivity contribution in [1.29, 1.82) is 0 Å². The predicted octanol–water partition coefficient (Wildman–Crippen LogP) is 3.63. The van der Waals surface area contributed by atoms with Gasteiger partial charge in [0.1, 0.15) is 0 Å². The SMILES string of the molecule is C=CCC(C)C(CC1CCC1)SNC. The van der Waals surface area contributed by atoms with E-state index in [9.17, 15) is 0 Å². The van der Waals surface area contributed by atoms with E-state index >= 15 is 0 Å². The van der Waals surface area contributed by atoms with Crippen molar-refractivity contribution in [2.45, 2.75) is 44.3 Å². The summed E-state index contributed by atoms with van der Waals surface area (Å²) in [5.74, 6) is 1.76. The van der Waals surface area contributed by atoms with E-state index in [2.05, 4.69) is 24.3 Å². The molecule has 2 heteroatoms. The van der Waals surface area contributed by atoms with Crippen LogP contribution in [-0.4, -0.2) is 12.3 Å². The molecular weight excluding hydrogens is 190 g/mol. The van der Waals surface area contributed by atoms with Gasteiger partial charge in [-0.3, -0.25) is 4.72 Å². The van der Waals surface area contributed by atoms with Gasteiger partial charge in [-0.2, -0.15) is 0 Å². The van der Waals surface area contributed by atoms with Crippen molar-refractivity contribution in [1.82, 2.24) is 4.72 Å². The molecule has 0 aromatic heterocycles. The van der Waals surface area contributed by atoms with Crippen LogP contribution in [0.25, 0.3) is 0 Å². The molecule has 0 aromatic carbocycles. The van der Waals surface area contributed by atoms with Gasteiger partial charge < -0.3 is 0 Å². The van der Waals surface area contributed by atoms with E-state index in [1.165, 1.54) is 25.7 Å². The minimum absolute atomic E-state index is 0.755. The van der Waals surface area contributed by atoms with Crippen molar-refractivity contribution in [3.8, 4) is 0 Å². The highest BCUT2D eigenvalue weighted by atomic mass is 32.2. The van der Waals surface area contributed by atoms with Gasteiger partial charge in [0, 0.05) is 5.25 Å². The van der Waals surface area contributed by atoms with E-state index in [4.69, 9.17) is 0 Å². The van der Waals surface area contributed by atoms with Gasteiger partial charge in [-0.25, -0.2) is 0 Å². The van der Waals surface area contributed by atoms with Gasteiger partial charge in [-0.1, -0.05) is 44.2 Å². The summed E-state index contributed by atoms with van der Waals surface area (Å²) in [7, 11) is 2.03. The Morgan fingerprint density at radius 3 is 2.71 bits per heavy atom. The molecular formula is C12H23NS. The Bertz CT molecular complexity index is 166. The van der Waals surface area contributed by atoms with E-state index in [0.717, 1.165) is 23.5 Å². The third-order valence-electron chi connectivity index (χ3n) is 3.23. The molecule has 0 amide bonds. The van der Waals surface area contributed by atoms with Crippen molar-refractivity contribution in [3.63, 3.8) is 0 Å². The highest BCUT2D eigenvalue weighted by Gasteiger charge is 2.25. The molecule has 0 bridgehead atoms. The average molecular weight is 213 g/mol. The molecule has 0 radical (unpaired) electrons. The maximum absolute atomic E-state index is 3.83. The van der Waals surface area contributed by atoms with E-state index < -0.39 is 0 Å². The maximum Gasteiger partial charge on any atom is 0.0224 e. The van der Waals surface area contributed by atoms with E-state index in [0.29, 0.717) is 0 Å². The summed E-state index contributed by atoms with van der Waals surface area (Å²) in [4.78, 5) is 0. The lowest BCUT2D eigenvalue weighted by Crippen LogP contribution is -2.24. The van der Waals surface area contributed by atoms with Crippen LogP contribution in [0, 0.1) is 11.8 Å². The lowest BCUT2D eigenvalue weighted by molar-refractivity contribution is 0.278. The van der Waals surface area contributed by atoms with Crippen molar-refractivity contribution >= 4 is 11.9 Å². The first kappa shape index (κ1) is 12.1. The molecule has 1 rings (SSSR count). The van der Waals surface area contributed by atoms with Crippen LogP contribution in [0.2, 0.25) is 0 Å². The third kappa shape index (κ3) is 3.66. The van der Waals surface area contributed by atoms with Gasteiger partial charge in [0.15, 0.2) is 0 Å². The maximum atomic E-state index is 3.83. The summed E-state index contributed by atoms with van der Waals surface area (Å²) in [5, 5.41) is 0.767. The smallest absolute Gasteiger partial charge is 0.0224 e. The minimum Gasteiger partial charge on any atom is -0.267 e. The molecule has 2 unspecified atom stereocenters. The number of hydrogen-bond donors (Lipinski definition) is 1. The molecule has 1 fully saturated rings. The fraction of sp³-hybridized carbons (Fsp3) is 0.833. The molecule has 14 heavy (non-hydrogen) atoms. The largest absolute Gasteiger partial charge is 0.267 e. The Hall–Kier alpha value is 0.0500. The summed E-state index contributed by atoms with van der Waals surface area (Å²) < 4.78 is 3.24. The average Bonchev–Trinajstić information content (AvgIpc) is 2.09. The summed E-state index contributed by atoms with van der Waals surface area (Å²) in [5.41, 5.74) is 0. The van der Waals surface area contributed by atoms with E-state index in [-0.39, 0.29) is 0 Å². The highest BCUT2D eigenvalue weighted by molar-refractivity contribution is 7.98. The summed E-state index contributed by atoms with van der Waals surface area (Å²) in [6.45, 7) is 6.17. The van der Waals surface area contributed by atoms with Crippen molar-refractivity contribution in [2.24, 2.45) is 11.8 Å². The standard InChI is InChI=1S/C12H23NS/c1-4-6-10(2)12(14-13-3)9-11-7-5-8-11/h4,10-13H,1,5-9H2,2-3H3. The summed E-state index contributed by atoms with van der Waals surface area (Å²) in [6, 6.07) is 0. The van der Waals surface area contributed by atoms with Crippen LogP contribution in [0.1, 0.15) is 39.0 Å². The molecule has 1 nitrogen and oxygen atoms in total. The van der Waals surface area contributed by atoms with Crippen molar-refractivity contribution in [2.75, 3.05) is 7.05 Å². The number of hydrogen-bond acceptors (Lipinski definition) is 2. The summed E-state index contributed by atoms with van der Waals surface area (Å²) in [6.07, 6.45) is 8.96. The van der Waals surface area contributed by atoms with Crippen LogP contribution in [-0.2, 0) is 0 Å². The first-order chi connectivity index (χ1) is 6.77. The Labute approximate surface area is 92.9 Å². The van der Waals surface area contributed by atoms with Crippen molar-refractivity contribution in [3.05, 3.63) is 12.7 Å².